The third kappa shape index (κ3) is 3.25. The zero-order chi connectivity index (χ0) is 18.2. The van der Waals surface area contributed by atoms with Crippen molar-refractivity contribution >= 4 is 16.9 Å². The second kappa shape index (κ2) is 7.44. The molecule has 4 aromatic rings. The minimum Gasteiger partial charge on any atom is -0.391 e. The minimum absolute atomic E-state index is 0. The molecule has 142 valence electrons. The van der Waals surface area contributed by atoms with Crippen LogP contribution in [0.15, 0.2) is 66.7 Å². The van der Waals surface area contributed by atoms with Crippen LogP contribution in [-0.4, -0.2) is 39.3 Å². The molecular weight excluding hydrogens is 348 g/mol. The van der Waals surface area contributed by atoms with Crippen LogP contribution in [0.2, 0.25) is 0 Å². The normalized spacial score (nSPS) is 16.3. The van der Waals surface area contributed by atoms with Crippen molar-refractivity contribution < 1.29 is 5.11 Å². The summed E-state index contributed by atoms with van der Waals surface area (Å²) in [7, 11) is 0. The van der Waals surface area contributed by atoms with E-state index in [0.29, 0.717) is 12.4 Å². The standard InChI is InChI=1S/C22H20N4O.CH4/c27-17-11-12-26(14-17)22-18-13-19(15-7-3-1-4-8-15)23-21(18)24-20(25-22)16-9-5-2-6-10-16;/h1-10,13,17,27H,11-12,14H2,(H,23,24,25);1H4/t17-;/m0./s1. The molecule has 0 amide bonds. The molecule has 5 heteroatoms. The van der Waals surface area contributed by atoms with E-state index in [0.717, 1.165) is 46.6 Å². The summed E-state index contributed by atoms with van der Waals surface area (Å²) < 4.78 is 0. The van der Waals surface area contributed by atoms with Crippen molar-refractivity contribution in [3.05, 3.63) is 66.7 Å². The molecule has 0 unspecified atom stereocenters. The number of nitrogens with one attached hydrogen (secondary N) is 1. The van der Waals surface area contributed by atoms with Gasteiger partial charge in [0.2, 0.25) is 0 Å². The number of nitrogens with zero attached hydrogens (tertiary/aromatic N) is 3. The quantitative estimate of drug-likeness (QED) is 0.556. The van der Waals surface area contributed by atoms with E-state index in [1.165, 1.54) is 0 Å². The molecule has 5 rings (SSSR count). The van der Waals surface area contributed by atoms with Crippen molar-refractivity contribution in [3.63, 3.8) is 0 Å². The number of hydrogen-bond acceptors (Lipinski definition) is 4. The predicted octanol–water partition coefficient (Wildman–Crippen LogP) is 4.50. The molecule has 3 heterocycles. The van der Waals surface area contributed by atoms with E-state index in [1.54, 1.807) is 0 Å². The molecule has 1 aliphatic rings. The van der Waals surface area contributed by atoms with Gasteiger partial charge in [0.05, 0.1) is 11.5 Å². The SMILES string of the molecule is C.O[C@H]1CCN(c2nc(-c3ccccc3)nc3[nH]c(-c4ccccc4)cc23)C1. The first-order chi connectivity index (χ1) is 13.3. The van der Waals surface area contributed by atoms with Gasteiger partial charge in [0.15, 0.2) is 5.82 Å². The van der Waals surface area contributed by atoms with Crippen LogP contribution in [0.4, 0.5) is 5.82 Å². The molecule has 2 aromatic heterocycles. The number of hydrogen-bond donors (Lipinski definition) is 2. The van der Waals surface area contributed by atoms with Gasteiger partial charge in [-0.05, 0) is 18.1 Å². The number of fused-ring (bicyclic) bond motifs is 1. The number of benzene rings is 2. The molecule has 1 saturated heterocycles. The fourth-order valence-corrected chi connectivity index (χ4v) is 3.66. The van der Waals surface area contributed by atoms with E-state index in [1.807, 2.05) is 48.5 Å². The second-order valence-electron chi connectivity index (χ2n) is 6.94. The maximum Gasteiger partial charge on any atom is 0.163 e. The van der Waals surface area contributed by atoms with Crippen molar-refractivity contribution in [3.8, 4) is 22.6 Å². The highest BCUT2D eigenvalue weighted by molar-refractivity contribution is 5.93. The Balaban J connectivity index is 0.00000192. The number of β-amino-alcohol motifs (C(OH)–C–C–N with tert-alkyl or cyclic N) is 1. The van der Waals surface area contributed by atoms with Crippen molar-refractivity contribution in [1.29, 1.82) is 0 Å². The summed E-state index contributed by atoms with van der Waals surface area (Å²) in [6.45, 7) is 1.40. The van der Waals surface area contributed by atoms with Crippen molar-refractivity contribution in [1.82, 2.24) is 15.0 Å². The number of aliphatic hydroxyl groups excluding tert-OH is 1. The number of H-pyrrole nitrogens is 1. The average Bonchev–Trinajstić information content (AvgIpc) is 3.35. The molecule has 0 aliphatic carbocycles. The zero-order valence-electron chi connectivity index (χ0n) is 14.8. The molecule has 2 N–H and O–H groups in total. The third-order valence-corrected chi connectivity index (χ3v) is 5.05. The Bertz CT molecular complexity index is 1080. The molecule has 2 aromatic carbocycles. The van der Waals surface area contributed by atoms with E-state index in [9.17, 15) is 5.11 Å². The van der Waals surface area contributed by atoms with Crippen molar-refractivity contribution in [2.45, 2.75) is 20.0 Å². The fourth-order valence-electron chi connectivity index (χ4n) is 3.66. The van der Waals surface area contributed by atoms with Gasteiger partial charge in [0.25, 0.3) is 0 Å². The van der Waals surface area contributed by atoms with E-state index in [-0.39, 0.29) is 13.5 Å². The first-order valence-electron chi connectivity index (χ1n) is 9.22. The monoisotopic (exact) mass is 372 g/mol. The largest absolute Gasteiger partial charge is 0.391 e. The summed E-state index contributed by atoms with van der Waals surface area (Å²) in [5.41, 5.74) is 3.94. The number of rotatable bonds is 3. The van der Waals surface area contributed by atoms with Gasteiger partial charge < -0.3 is 15.0 Å². The summed E-state index contributed by atoms with van der Waals surface area (Å²) in [5.74, 6) is 1.58. The molecule has 0 saturated carbocycles. The molecule has 1 aliphatic heterocycles. The Hall–Kier alpha value is -3.18. The van der Waals surface area contributed by atoms with Gasteiger partial charge in [-0.3, -0.25) is 0 Å². The minimum atomic E-state index is -0.303. The van der Waals surface area contributed by atoms with Gasteiger partial charge in [0.1, 0.15) is 11.5 Å². The number of aromatic amines is 1. The van der Waals surface area contributed by atoms with E-state index in [2.05, 4.69) is 28.1 Å². The molecule has 28 heavy (non-hydrogen) atoms. The van der Waals surface area contributed by atoms with Crippen LogP contribution in [0.25, 0.3) is 33.7 Å². The summed E-state index contributed by atoms with van der Waals surface area (Å²) >= 11 is 0. The highest BCUT2D eigenvalue weighted by Gasteiger charge is 2.25. The second-order valence-corrected chi connectivity index (χ2v) is 6.94. The van der Waals surface area contributed by atoms with Crippen LogP contribution in [-0.2, 0) is 0 Å². The lowest BCUT2D eigenvalue weighted by Crippen LogP contribution is -2.22. The fraction of sp³-hybridized carbons (Fsp3) is 0.217. The summed E-state index contributed by atoms with van der Waals surface area (Å²) in [6.07, 6.45) is 0.463. The average molecular weight is 372 g/mol. The molecule has 5 nitrogen and oxygen atoms in total. The molecule has 1 fully saturated rings. The third-order valence-electron chi connectivity index (χ3n) is 5.05. The number of aliphatic hydroxyl groups is 1. The summed E-state index contributed by atoms with van der Waals surface area (Å²) in [6, 6.07) is 22.3. The van der Waals surface area contributed by atoms with E-state index in [4.69, 9.17) is 9.97 Å². The number of anilines is 1. The van der Waals surface area contributed by atoms with E-state index < -0.39 is 0 Å². The van der Waals surface area contributed by atoms with Gasteiger partial charge in [-0.15, -0.1) is 0 Å². The van der Waals surface area contributed by atoms with E-state index >= 15 is 0 Å². The van der Waals surface area contributed by atoms with Gasteiger partial charge in [0, 0.05) is 24.3 Å². The lowest BCUT2D eigenvalue weighted by Gasteiger charge is -2.18. The highest BCUT2D eigenvalue weighted by atomic mass is 16.3. The molecule has 1 atom stereocenters. The Morgan fingerprint density at radius 3 is 2.25 bits per heavy atom. The Kier molecular flexibility index (Phi) is 4.84. The molecular formula is C23H24N4O. The molecule has 0 radical (unpaired) electrons. The van der Waals surface area contributed by atoms with Crippen LogP contribution < -0.4 is 4.90 Å². The van der Waals surface area contributed by atoms with Crippen LogP contribution in [0.3, 0.4) is 0 Å². The highest BCUT2D eigenvalue weighted by Crippen LogP contribution is 2.32. The van der Waals surface area contributed by atoms with Gasteiger partial charge in [-0.1, -0.05) is 68.1 Å². The van der Waals surface area contributed by atoms with Gasteiger partial charge >= 0.3 is 0 Å². The summed E-state index contributed by atoms with van der Waals surface area (Å²) in [5, 5.41) is 11.0. The van der Waals surface area contributed by atoms with Gasteiger partial charge in [-0.25, -0.2) is 9.97 Å². The smallest absolute Gasteiger partial charge is 0.163 e. The van der Waals surface area contributed by atoms with Crippen molar-refractivity contribution in [2.24, 2.45) is 0 Å². The lowest BCUT2D eigenvalue weighted by atomic mass is 10.1. The maximum absolute atomic E-state index is 10.0. The summed E-state index contributed by atoms with van der Waals surface area (Å²) in [4.78, 5) is 15.3. The lowest BCUT2D eigenvalue weighted by molar-refractivity contribution is 0.198. The maximum atomic E-state index is 10.0. The van der Waals surface area contributed by atoms with Crippen LogP contribution >= 0.6 is 0 Å². The Labute approximate surface area is 164 Å². The number of aromatic nitrogens is 3. The van der Waals surface area contributed by atoms with Crippen LogP contribution in [0.1, 0.15) is 13.8 Å². The molecule has 0 bridgehead atoms. The topological polar surface area (TPSA) is 65.0 Å². The van der Waals surface area contributed by atoms with Crippen LogP contribution in [0.5, 0.6) is 0 Å². The zero-order valence-corrected chi connectivity index (χ0v) is 14.8. The predicted molar refractivity (Wildman–Crippen MR) is 114 cm³/mol. The van der Waals surface area contributed by atoms with Crippen molar-refractivity contribution in [2.75, 3.05) is 18.0 Å². The first kappa shape index (κ1) is 18.2. The first-order valence-corrected chi connectivity index (χ1v) is 9.22. The molecule has 0 spiro atoms. The van der Waals surface area contributed by atoms with Crippen LogP contribution in [0, 0.1) is 0 Å². The van der Waals surface area contributed by atoms with Gasteiger partial charge in [-0.2, -0.15) is 0 Å². The Morgan fingerprint density at radius 1 is 0.929 bits per heavy atom. The Morgan fingerprint density at radius 2 is 1.61 bits per heavy atom.